The Balaban J connectivity index is 0.000000310. The SMILES string of the molecule is C=COc1ccccc1.OCCO. The van der Waals surface area contributed by atoms with Crippen molar-refractivity contribution in [2.45, 2.75) is 0 Å². The molecule has 72 valence electrons. The van der Waals surface area contributed by atoms with Gasteiger partial charge in [-0.05, 0) is 12.1 Å². The smallest absolute Gasteiger partial charge is 0.126 e. The third kappa shape index (κ3) is 7.05. The molecule has 0 bridgehead atoms. The third-order valence-electron chi connectivity index (χ3n) is 1.06. The summed E-state index contributed by atoms with van der Waals surface area (Å²) in [4.78, 5) is 0. The van der Waals surface area contributed by atoms with Crippen molar-refractivity contribution in [3.05, 3.63) is 43.2 Å². The second-order valence-corrected chi connectivity index (χ2v) is 2.04. The zero-order valence-electron chi connectivity index (χ0n) is 7.39. The fraction of sp³-hybridized carbons (Fsp3) is 0.200. The van der Waals surface area contributed by atoms with Gasteiger partial charge >= 0.3 is 0 Å². The number of rotatable bonds is 3. The second-order valence-electron chi connectivity index (χ2n) is 2.04. The summed E-state index contributed by atoms with van der Waals surface area (Å²) in [5.41, 5.74) is 0. The molecule has 0 saturated heterocycles. The summed E-state index contributed by atoms with van der Waals surface area (Å²) in [7, 11) is 0. The Morgan fingerprint density at radius 2 is 1.69 bits per heavy atom. The van der Waals surface area contributed by atoms with E-state index < -0.39 is 0 Å². The van der Waals surface area contributed by atoms with E-state index in [9.17, 15) is 0 Å². The van der Waals surface area contributed by atoms with Gasteiger partial charge in [-0.1, -0.05) is 24.8 Å². The van der Waals surface area contributed by atoms with Crippen LogP contribution >= 0.6 is 0 Å². The Morgan fingerprint density at radius 1 is 1.15 bits per heavy atom. The average Bonchev–Trinajstić information content (AvgIpc) is 2.20. The normalized spacial score (nSPS) is 8.15. The lowest BCUT2D eigenvalue weighted by molar-refractivity contribution is 0.186. The number of hydrogen-bond acceptors (Lipinski definition) is 3. The molecule has 3 heteroatoms. The molecule has 0 radical (unpaired) electrons. The largest absolute Gasteiger partial charge is 0.466 e. The highest BCUT2D eigenvalue weighted by molar-refractivity contribution is 5.21. The highest BCUT2D eigenvalue weighted by Crippen LogP contribution is 2.07. The number of aliphatic hydroxyl groups excluding tert-OH is 2. The van der Waals surface area contributed by atoms with Gasteiger partial charge in [-0.3, -0.25) is 0 Å². The van der Waals surface area contributed by atoms with Crippen molar-refractivity contribution in [1.29, 1.82) is 0 Å². The summed E-state index contributed by atoms with van der Waals surface area (Å²) >= 11 is 0. The van der Waals surface area contributed by atoms with Crippen LogP contribution in [0.4, 0.5) is 0 Å². The van der Waals surface area contributed by atoms with Gasteiger partial charge in [-0.15, -0.1) is 0 Å². The zero-order valence-corrected chi connectivity index (χ0v) is 7.39. The molecule has 1 aromatic carbocycles. The molecular formula is C10H14O3. The summed E-state index contributed by atoms with van der Waals surface area (Å²) in [5, 5.41) is 15.2. The molecule has 0 aliphatic rings. The van der Waals surface area contributed by atoms with Crippen molar-refractivity contribution >= 4 is 0 Å². The van der Waals surface area contributed by atoms with E-state index in [1.54, 1.807) is 0 Å². The van der Waals surface area contributed by atoms with Crippen molar-refractivity contribution in [2.24, 2.45) is 0 Å². The number of hydrogen-bond donors (Lipinski definition) is 2. The van der Waals surface area contributed by atoms with E-state index in [-0.39, 0.29) is 13.2 Å². The Labute approximate surface area is 77.9 Å². The van der Waals surface area contributed by atoms with Crippen LogP contribution in [0.1, 0.15) is 0 Å². The van der Waals surface area contributed by atoms with Crippen LogP contribution in [0.15, 0.2) is 43.2 Å². The first-order valence-electron chi connectivity index (χ1n) is 3.89. The summed E-state index contributed by atoms with van der Waals surface area (Å²) in [6, 6.07) is 9.52. The lowest BCUT2D eigenvalue weighted by atomic mass is 10.3. The van der Waals surface area contributed by atoms with Crippen LogP contribution in [0.25, 0.3) is 0 Å². The van der Waals surface area contributed by atoms with Crippen LogP contribution in [-0.4, -0.2) is 23.4 Å². The summed E-state index contributed by atoms with van der Waals surface area (Å²) in [6.07, 6.45) is 1.41. The van der Waals surface area contributed by atoms with Crippen LogP contribution in [0, 0.1) is 0 Å². The number of para-hydroxylation sites is 1. The number of aliphatic hydroxyl groups is 2. The van der Waals surface area contributed by atoms with Crippen molar-refractivity contribution in [1.82, 2.24) is 0 Å². The molecule has 1 rings (SSSR count). The van der Waals surface area contributed by atoms with Gasteiger partial charge in [0.15, 0.2) is 0 Å². The lowest BCUT2D eigenvalue weighted by Gasteiger charge is -1.95. The topological polar surface area (TPSA) is 49.7 Å². The Morgan fingerprint density at radius 3 is 2.08 bits per heavy atom. The second kappa shape index (κ2) is 8.77. The molecule has 1 aromatic rings. The van der Waals surface area contributed by atoms with Crippen molar-refractivity contribution in [2.75, 3.05) is 13.2 Å². The summed E-state index contributed by atoms with van der Waals surface area (Å²) < 4.78 is 4.97. The Hall–Kier alpha value is -1.32. The van der Waals surface area contributed by atoms with Gasteiger partial charge in [0.05, 0.1) is 19.5 Å². The highest BCUT2D eigenvalue weighted by Gasteiger charge is 1.82. The van der Waals surface area contributed by atoms with Crippen LogP contribution < -0.4 is 4.74 Å². The lowest BCUT2D eigenvalue weighted by Crippen LogP contribution is -1.85. The van der Waals surface area contributed by atoms with Crippen LogP contribution in [0.5, 0.6) is 5.75 Å². The molecule has 0 aromatic heterocycles. The molecular weight excluding hydrogens is 168 g/mol. The minimum Gasteiger partial charge on any atom is -0.466 e. The summed E-state index contributed by atoms with van der Waals surface area (Å²) in [5.74, 6) is 0.826. The Bertz CT molecular complexity index is 207. The molecule has 0 amide bonds. The zero-order chi connectivity index (χ0) is 9.94. The fourth-order valence-electron chi connectivity index (χ4n) is 0.595. The van der Waals surface area contributed by atoms with E-state index >= 15 is 0 Å². The fourth-order valence-corrected chi connectivity index (χ4v) is 0.595. The highest BCUT2D eigenvalue weighted by atomic mass is 16.5. The molecule has 0 spiro atoms. The van der Waals surface area contributed by atoms with Crippen LogP contribution in [0.3, 0.4) is 0 Å². The van der Waals surface area contributed by atoms with E-state index in [1.165, 1.54) is 6.26 Å². The molecule has 2 N–H and O–H groups in total. The summed E-state index contributed by atoms with van der Waals surface area (Å²) in [6.45, 7) is 3.18. The minimum atomic E-state index is -0.125. The first kappa shape index (κ1) is 11.7. The average molecular weight is 182 g/mol. The number of benzene rings is 1. The van der Waals surface area contributed by atoms with Gasteiger partial charge in [0.1, 0.15) is 5.75 Å². The number of ether oxygens (including phenoxy) is 1. The van der Waals surface area contributed by atoms with Gasteiger partial charge < -0.3 is 14.9 Å². The van der Waals surface area contributed by atoms with Crippen molar-refractivity contribution < 1.29 is 14.9 Å². The molecule has 0 saturated carbocycles. The van der Waals surface area contributed by atoms with E-state index in [2.05, 4.69) is 6.58 Å². The van der Waals surface area contributed by atoms with Gasteiger partial charge in [-0.25, -0.2) is 0 Å². The van der Waals surface area contributed by atoms with E-state index in [1.807, 2.05) is 30.3 Å². The van der Waals surface area contributed by atoms with E-state index in [0.29, 0.717) is 0 Å². The van der Waals surface area contributed by atoms with Gasteiger partial charge in [0, 0.05) is 0 Å². The molecule has 13 heavy (non-hydrogen) atoms. The maximum absolute atomic E-state index is 7.62. The maximum Gasteiger partial charge on any atom is 0.126 e. The molecule has 0 aliphatic heterocycles. The predicted molar refractivity (Wildman–Crippen MR) is 51.4 cm³/mol. The minimum absolute atomic E-state index is 0.125. The van der Waals surface area contributed by atoms with Gasteiger partial charge in [0.25, 0.3) is 0 Å². The maximum atomic E-state index is 7.62. The quantitative estimate of drug-likeness (QED) is 0.690. The van der Waals surface area contributed by atoms with Gasteiger partial charge in [0.2, 0.25) is 0 Å². The van der Waals surface area contributed by atoms with Crippen molar-refractivity contribution in [3.63, 3.8) is 0 Å². The first-order chi connectivity index (χ1) is 6.35. The van der Waals surface area contributed by atoms with Crippen LogP contribution in [-0.2, 0) is 0 Å². The predicted octanol–water partition coefficient (Wildman–Crippen LogP) is 1.18. The molecule has 0 unspecified atom stereocenters. The van der Waals surface area contributed by atoms with Crippen molar-refractivity contribution in [3.8, 4) is 5.75 Å². The standard InChI is InChI=1S/C8H8O.C2H6O2/c1-2-9-8-6-4-3-5-7-8;3-1-2-4/h2-7H,1H2;3-4H,1-2H2. The molecule has 0 heterocycles. The molecule has 0 fully saturated rings. The molecule has 3 nitrogen and oxygen atoms in total. The van der Waals surface area contributed by atoms with Gasteiger partial charge in [-0.2, -0.15) is 0 Å². The van der Waals surface area contributed by atoms with E-state index in [0.717, 1.165) is 5.75 Å². The monoisotopic (exact) mass is 182 g/mol. The van der Waals surface area contributed by atoms with Crippen LogP contribution in [0.2, 0.25) is 0 Å². The third-order valence-corrected chi connectivity index (χ3v) is 1.06. The first-order valence-corrected chi connectivity index (χ1v) is 3.89. The molecule has 0 aliphatic carbocycles. The van der Waals surface area contributed by atoms with E-state index in [4.69, 9.17) is 14.9 Å². The Kier molecular flexibility index (Phi) is 7.88. The molecule has 0 atom stereocenters.